The number of fused-ring (bicyclic) bond motifs is 1. The summed E-state index contributed by atoms with van der Waals surface area (Å²) in [6.45, 7) is 6.02. The van der Waals surface area contributed by atoms with Gasteiger partial charge in [0, 0.05) is 12.2 Å². The normalized spacial score (nSPS) is 17.5. The summed E-state index contributed by atoms with van der Waals surface area (Å²) in [6, 6.07) is 7.28. The van der Waals surface area contributed by atoms with Gasteiger partial charge in [-0.3, -0.25) is 9.59 Å². The summed E-state index contributed by atoms with van der Waals surface area (Å²) in [4.78, 5) is 25.7. The highest BCUT2D eigenvalue weighted by Crippen LogP contribution is 2.37. The number of ether oxygens (including phenoxy) is 1. The Kier molecular flexibility index (Phi) is 3.46. The molecule has 1 heterocycles. The Hall–Kier alpha value is -2.10. The number of hydrogen-bond acceptors (Lipinski definition) is 3. The second-order valence-electron chi connectivity index (χ2n) is 3.98. The van der Waals surface area contributed by atoms with E-state index in [1.807, 2.05) is 18.2 Å². The van der Waals surface area contributed by atoms with Crippen LogP contribution in [0.15, 0.2) is 36.9 Å². The predicted molar refractivity (Wildman–Crippen MR) is 68.4 cm³/mol. The number of anilines is 1. The summed E-state index contributed by atoms with van der Waals surface area (Å²) in [5, 5.41) is 0. The van der Waals surface area contributed by atoms with E-state index < -0.39 is 11.9 Å². The molecule has 1 aliphatic heterocycles. The van der Waals surface area contributed by atoms with Crippen molar-refractivity contribution in [3.63, 3.8) is 0 Å². The fraction of sp³-hybridized carbons (Fsp3) is 0.286. The third kappa shape index (κ3) is 1.90. The molecule has 1 amide bonds. The standard InChI is InChI=1S/C14H15NO3/c1-3-9-15-11-8-6-5-7-10(11)12(13(15)16)14(17)18-4-2/h3,5-8,12H,1,4,9H2,2H3. The molecule has 0 fully saturated rings. The highest BCUT2D eigenvalue weighted by Gasteiger charge is 2.42. The van der Waals surface area contributed by atoms with Gasteiger partial charge >= 0.3 is 5.97 Å². The van der Waals surface area contributed by atoms with Gasteiger partial charge in [0.15, 0.2) is 5.92 Å². The van der Waals surface area contributed by atoms with Crippen molar-refractivity contribution < 1.29 is 14.3 Å². The molecule has 1 aliphatic rings. The molecular formula is C14H15NO3. The van der Waals surface area contributed by atoms with Gasteiger partial charge in [-0.25, -0.2) is 0 Å². The van der Waals surface area contributed by atoms with Gasteiger partial charge < -0.3 is 9.64 Å². The number of carbonyl (C=O) groups excluding carboxylic acids is 2. The first kappa shape index (κ1) is 12.4. The van der Waals surface area contributed by atoms with Crippen molar-refractivity contribution in [3.8, 4) is 0 Å². The minimum absolute atomic E-state index is 0.241. The molecule has 4 nitrogen and oxygen atoms in total. The van der Waals surface area contributed by atoms with E-state index in [4.69, 9.17) is 4.74 Å². The number of rotatable bonds is 4. The van der Waals surface area contributed by atoms with Gasteiger partial charge in [0.1, 0.15) is 0 Å². The molecule has 0 saturated heterocycles. The maximum Gasteiger partial charge on any atom is 0.323 e. The van der Waals surface area contributed by atoms with E-state index in [9.17, 15) is 9.59 Å². The third-order valence-corrected chi connectivity index (χ3v) is 2.89. The Morgan fingerprint density at radius 3 is 2.89 bits per heavy atom. The molecule has 1 unspecified atom stereocenters. The van der Waals surface area contributed by atoms with Gasteiger partial charge in [-0.15, -0.1) is 6.58 Å². The van der Waals surface area contributed by atoms with Crippen molar-refractivity contribution in [1.82, 2.24) is 0 Å². The topological polar surface area (TPSA) is 46.6 Å². The van der Waals surface area contributed by atoms with Crippen LogP contribution >= 0.6 is 0 Å². The highest BCUT2D eigenvalue weighted by atomic mass is 16.5. The number of nitrogens with zero attached hydrogens (tertiary/aromatic N) is 1. The molecule has 0 N–H and O–H groups in total. The fourth-order valence-electron chi connectivity index (χ4n) is 2.16. The molecule has 0 spiro atoms. The van der Waals surface area contributed by atoms with Gasteiger partial charge in [-0.2, -0.15) is 0 Å². The molecule has 0 aromatic heterocycles. The molecule has 18 heavy (non-hydrogen) atoms. The predicted octanol–water partition coefficient (Wildman–Crippen LogP) is 1.87. The number of amides is 1. The maximum absolute atomic E-state index is 12.2. The van der Waals surface area contributed by atoms with Crippen LogP contribution in [0.5, 0.6) is 0 Å². The Morgan fingerprint density at radius 2 is 2.22 bits per heavy atom. The first-order valence-electron chi connectivity index (χ1n) is 5.88. The minimum atomic E-state index is -0.832. The summed E-state index contributed by atoms with van der Waals surface area (Å²) in [7, 11) is 0. The van der Waals surface area contributed by atoms with Crippen LogP contribution in [-0.2, 0) is 14.3 Å². The molecule has 1 aromatic carbocycles. The van der Waals surface area contributed by atoms with Gasteiger partial charge in [0.25, 0.3) is 0 Å². The van der Waals surface area contributed by atoms with E-state index in [0.717, 1.165) is 5.69 Å². The summed E-state index contributed by atoms with van der Waals surface area (Å²) in [5.74, 6) is -1.56. The van der Waals surface area contributed by atoms with E-state index in [-0.39, 0.29) is 12.5 Å². The lowest BCUT2D eigenvalue weighted by atomic mass is 10.0. The van der Waals surface area contributed by atoms with Crippen molar-refractivity contribution in [1.29, 1.82) is 0 Å². The van der Waals surface area contributed by atoms with Crippen molar-refractivity contribution >= 4 is 17.6 Å². The molecule has 1 atom stereocenters. The summed E-state index contributed by atoms with van der Waals surface area (Å²) in [6.07, 6.45) is 1.64. The van der Waals surface area contributed by atoms with E-state index in [1.165, 1.54) is 0 Å². The van der Waals surface area contributed by atoms with Crippen LogP contribution in [0.25, 0.3) is 0 Å². The summed E-state index contributed by atoms with van der Waals surface area (Å²) >= 11 is 0. The number of para-hydroxylation sites is 1. The zero-order valence-electron chi connectivity index (χ0n) is 10.3. The van der Waals surface area contributed by atoms with Crippen molar-refractivity contribution in [2.24, 2.45) is 0 Å². The molecular weight excluding hydrogens is 230 g/mol. The Morgan fingerprint density at radius 1 is 1.50 bits per heavy atom. The van der Waals surface area contributed by atoms with E-state index in [2.05, 4.69) is 6.58 Å². The number of benzene rings is 1. The summed E-state index contributed by atoms with van der Waals surface area (Å²) < 4.78 is 4.97. The first-order chi connectivity index (χ1) is 8.70. The zero-order valence-corrected chi connectivity index (χ0v) is 10.3. The number of carbonyl (C=O) groups is 2. The Labute approximate surface area is 106 Å². The average Bonchev–Trinajstić information content (AvgIpc) is 2.64. The molecule has 0 saturated carbocycles. The van der Waals surface area contributed by atoms with Gasteiger partial charge in [-0.05, 0) is 18.6 Å². The van der Waals surface area contributed by atoms with Crippen LogP contribution in [0, 0.1) is 0 Å². The quantitative estimate of drug-likeness (QED) is 0.462. The lowest BCUT2D eigenvalue weighted by Gasteiger charge is -2.15. The number of hydrogen-bond donors (Lipinski definition) is 0. The Bertz CT molecular complexity index is 496. The largest absolute Gasteiger partial charge is 0.465 e. The van der Waals surface area contributed by atoms with Crippen molar-refractivity contribution in [2.45, 2.75) is 12.8 Å². The molecule has 0 bridgehead atoms. The molecule has 4 heteroatoms. The second kappa shape index (κ2) is 5.04. The van der Waals surface area contributed by atoms with Gasteiger partial charge in [0.05, 0.1) is 6.61 Å². The minimum Gasteiger partial charge on any atom is -0.465 e. The molecule has 0 aliphatic carbocycles. The van der Waals surface area contributed by atoms with Crippen LogP contribution < -0.4 is 4.90 Å². The lowest BCUT2D eigenvalue weighted by Crippen LogP contribution is -2.32. The molecule has 2 rings (SSSR count). The molecule has 94 valence electrons. The van der Waals surface area contributed by atoms with E-state index in [0.29, 0.717) is 12.1 Å². The van der Waals surface area contributed by atoms with Crippen LogP contribution in [0.2, 0.25) is 0 Å². The summed E-state index contributed by atoms with van der Waals surface area (Å²) in [5.41, 5.74) is 1.48. The SMILES string of the molecule is C=CCN1C(=O)C(C(=O)OCC)c2ccccc21. The van der Waals surface area contributed by atoms with Crippen LogP contribution in [0.1, 0.15) is 18.4 Å². The number of esters is 1. The van der Waals surface area contributed by atoms with E-state index >= 15 is 0 Å². The van der Waals surface area contributed by atoms with Crippen LogP contribution in [0.4, 0.5) is 5.69 Å². The monoisotopic (exact) mass is 245 g/mol. The second-order valence-corrected chi connectivity index (χ2v) is 3.98. The fourth-order valence-corrected chi connectivity index (χ4v) is 2.16. The zero-order chi connectivity index (χ0) is 13.1. The van der Waals surface area contributed by atoms with Crippen LogP contribution in [-0.4, -0.2) is 25.0 Å². The third-order valence-electron chi connectivity index (χ3n) is 2.89. The first-order valence-corrected chi connectivity index (χ1v) is 5.88. The highest BCUT2D eigenvalue weighted by molar-refractivity contribution is 6.16. The average molecular weight is 245 g/mol. The van der Waals surface area contributed by atoms with Crippen LogP contribution in [0.3, 0.4) is 0 Å². The van der Waals surface area contributed by atoms with Crippen molar-refractivity contribution in [2.75, 3.05) is 18.1 Å². The van der Waals surface area contributed by atoms with Crippen molar-refractivity contribution in [3.05, 3.63) is 42.5 Å². The Balaban J connectivity index is 2.41. The smallest absolute Gasteiger partial charge is 0.323 e. The van der Waals surface area contributed by atoms with E-state index in [1.54, 1.807) is 24.0 Å². The molecule has 0 radical (unpaired) electrons. The maximum atomic E-state index is 12.2. The van der Waals surface area contributed by atoms with Gasteiger partial charge in [-0.1, -0.05) is 24.3 Å². The van der Waals surface area contributed by atoms with Gasteiger partial charge in [0.2, 0.25) is 5.91 Å². The molecule has 1 aromatic rings. The lowest BCUT2D eigenvalue weighted by molar-refractivity contribution is -0.147.